The van der Waals surface area contributed by atoms with E-state index in [0.717, 1.165) is 38.4 Å². The summed E-state index contributed by atoms with van der Waals surface area (Å²) in [6.07, 6.45) is 0. The van der Waals surface area contributed by atoms with Gasteiger partial charge in [0.25, 0.3) is 0 Å². The van der Waals surface area contributed by atoms with Gasteiger partial charge >= 0.3 is 0 Å². The summed E-state index contributed by atoms with van der Waals surface area (Å²) in [5.74, 6) is 0. The largest absolute Gasteiger partial charge is 0.455 e. The second-order valence-electron chi connectivity index (χ2n) is 11.8. The minimum absolute atomic E-state index is 0.913. The number of H-pyrrole nitrogens is 1. The molecule has 0 fully saturated rings. The molecule has 2 nitrogen and oxygen atoms in total. The Balaban J connectivity index is 1.24. The molecule has 0 saturated heterocycles. The molecule has 44 heavy (non-hydrogen) atoms. The second kappa shape index (κ2) is 8.82. The molecule has 1 N–H and O–H groups in total. The number of para-hydroxylation sites is 2. The van der Waals surface area contributed by atoms with Gasteiger partial charge in [-0.2, -0.15) is 0 Å². The Morgan fingerprint density at radius 2 is 0.977 bits per heavy atom. The minimum atomic E-state index is 0.913. The van der Waals surface area contributed by atoms with E-state index in [9.17, 15) is 0 Å². The standard InChI is InChI=1S/C42H25NO/c1-2-14-30-28(12-1)29-13-3-4-15-31(29)36-23-26(20-21-32(30)36)25-10-9-11-27(22-25)35-24-37-33-16-6-8-19-39(33)44-42(37)40-34-17-5-7-18-38(34)43-41(35)40/h1-24,43H. The quantitative estimate of drug-likeness (QED) is 0.210. The van der Waals surface area contributed by atoms with E-state index in [1.807, 2.05) is 6.07 Å². The van der Waals surface area contributed by atoms with Crippen LogP contribution in [0, 0.1) is 0 Å². The van der Waals surface area contributed by atoms with Gasteiger partial charge in [-0.15, -0.1) is 0 Å². The van der Waals surface area contributed by atoms with Crippen molar-refractivity contribution in [2.24, 2.45) is 0 Å². The molecular weight excluding hydrogens is 534 g/mol. The van der Waals surface area contributed by atoms with Gasteiger partial charge in [0.15, 0.2) is 0 Å². The highest BCUT2D eigenvalue weighted by Gasteiger charge is 2.19. The molecule has 0 aliphatic carbocycles. The van der Waals surface area contributed by atoms with E-state index in [2.05, 4.69) is 145 Å². The van der Waals surface area contributed by atoms with Crippen LogP contribution < -0.4 is 0 Å². The number of aromatic nitrogens is 1. The molecule has 0 unspecified atom stereocenters. The fraction of sp³-hybridized carbons (Fsp3) is 0. The summed E-state index contributed by atoms with van der Waals surface area (Å²) in [4.78, 5) is 3.74. The molecule has 0 radical (unpaired) electrons. The predicted molar refractivity (Wildman–Crippen MR) is 186 cm³/mol. The number of aromatic amines is 1. The van der Waals surface area contributed by atoms with Crippen molar-refractivity contribution >= 4 is 76.1 Å². The van der Waals surface area contributed by atoms with Gasteiger partial charge in [0.1, 0.15) is 11.2 Å². The van der Waals surface area contributed by atoms with Gasteiger partial charge in [0, 0.05) is 27.2 Å². The Bertz CT molecular complexity index is 2740. The lowest BCUT2D eigenvalue weighted by molar-refractivity contribution is 0.673. The molecule has 0 bridgehead atoms. The van der Waals surface area contributed by atoms with Gasteiger partial charge in [-0.1, -0.05) is 115 Å². The normalized spacial score (nSPS) is 12.1. The molecule has 0 amide bonds. The van der Waals surface area contributed by atoms with E-state index in [1.54, 1.807) is 0 Å². The number of benzene rings is 8. The summed E-state index contributed by atoms with van der Waals surface area (Å²) in [5.41, 5.74) is 8.82. The Hall–Kier alpha value is -5.86. The van der Waals surface area contributed by atoms with Crippen LogP contribution in [-0.2, 0) is 0 Å². The summed E-state index contributed by atoms with van der Waals surface area (Å²) < 4.78 is 6.50. The molecule has 0 aliphatic heterocycles. The maximum absolute atomic E-state index is 6.50. The van der Waals surface area contributed by atoms with Crippen molar-refractivity contribution in [3.05, 3.63) is 146 Å². The Morgan fingerprint density at radius 1 is 0.386 bits per heavy atom. The molecule has 0 spiro atoms. The monoisotopic (exact) mass is 559 g/mol. The average Bonchev–Trinajstić information content (AvgIpc) is 3.66. The van der Waals surface area contributed by atoms with Crippen LogP contribution in [0.15, 0.2) is 150 Å². The van der Waals surface area contributed by atoms with Crippen LogP contribution in [0.5, 0.6) is 0 Å². The molecule has 204 valence electrons. The number of fused-ring (bicyclic) bond motifs is 13. The molecule has 2 aromatic heterocycles. The average molecular weight is 560 g/mol. The van der Waals surface area contributed by atoms with Gasteiger partial charge in [-0.05, 0) is 79.3 Å². The van der Waals surface area contributed by atoms with E-state index >= 15 is 0 Å². The lowest BCUT2D eigenvalue weighted by atomic mass is 9.91. The summed E-state index contributed by atoms with van der Waals surface area (Å²) in [6.45, 7) is 0. The lowest BCUT2D eigenvalue weighted by Gasteiger charge is -2.13. The lowest BCUT2D eigenvalue weighted by Crippen LogP contribution is -1.86. The van der Waals surface area contributed by atoms with Crippen molar-refractivity contribution < 1.29 is 4.42 Å². The Kier molecular flexibility index (Phi) is 4.75. The summed E-state index contributed by atoms with van der Waals surface area (Å²) in [5, 5.41) is 12.3. The first kappa shape index (κ1) is 23.7. The topological polar surface area (TPSA) is 28.9 Å². The van der Waals surface area contributed by atoms with Crippen LogP contribution in [0.4, 0.5) is 0 Å². The summed E-state index contributed by atoms with van der Waals surface area (Å²) in [7, 11) is 0. The first-order valence-electron chi connectivity index (χ1n) is 15.1. The van der Waals surface area contributed by atoms with E-state index < -0.39 is 0 Å². The van der Waals surface area contributed by atoms with Crippen LogP contribution in [-0.4, -0.2) is 4.98 Å². The van der Waals surface area contributed by atoms with Crippen molar-refractivity contribution in [1.82, 2.24) is 4.98 Å². The Labute approximate surface area is 252 Å². The predicted octanol–water partition coefficient (Wildman–Crippen LogP) is 12.0. The fourth-order valence-electron chi connectivity index (χ4n) is 7.37. The van der Waals surface area contributed by atoms with Crippen molar-refractivity contribution in [3.8, 4) is 22.3 Å². The van der Waals surface area contributed by atoms with Crippen molar-refractivity contribution in [1.29, 1.82) is 0 Å². The van der Waals surface area contributed by atoms with Gasteiger partial charge in [0.05, 0.1) is 10.9 Å². The number of hydrogen-bond acceptors (Lipinski definition) is 1. The van der Waals surface area contributed by atoms with E-state index in [1.165, 1.54) is 60.0 Å². The first-order chi connectivity index (χ1) is 21.8. The second-order valence-corrected chi connectivity index (χ2v) is 11.8. The van der Waals surface area contributed by atoms with Crippen molar-refractivity contribution in [2.45, 2.75) is 0 Å². The Morgan fingerprint density at radius 3 is 1.75 bits per heavy atom. The molecule has 10 rings (SSSR count). The zero-order valence-electron chi connectivity index (χ0n) is 23.8. The zero-order valence-corrected chi connectivity index (χ0v) is 23.8. The maximum Gasteiger partial charge on any atom is 0.145 e. The SMILES string of the molecule is c1cc(-c2ccc3c4ccccc4c4ccccc4c3c2)cc(-c2cc3c4ccccc4oc3c3c2[nH]c2ccccc23)c1. The van der Waals surface area contributed by atoms with Crippen LogP contribution in [0.1, 0.15) is 0 Å². The smallest absolute Gasteiger partial charge is 0.145 e. The molecule has 2 heteroatoms. The van der Waals surface area contributed by atoms with E-state index in [-0.39, 0.29) is 0 Å². The van der Waals surface area contributed by atoms with Gasteiger partial charge in [0.2, 0.25) is 0 Å². The summed E-state index contributed by atoms with van der Waals surface area (Å²) in [6, 6.07) is 52.6. The molecular formula is C42H25NO. The molecule has 0 atom stereocenters. The molecule has 0 aliphatic rings. The number of hydrogen-bond donors (Lipinski definition) is 1. The van der Waals surface area contributed by atoms with E-state index in [0.29, 0.717) is 0 Å². The van der Waals surface area contributed by atoms with Gasteiger partial charge in [-0.25, -0.2) is 0 Å². The highest BCUT2D eigenvalue weighted by Crippen LogP contribution is 2.43. The zero-order chi connectivity index (χ0) is 28.8. The van der Waals surface area contributed by atoms with Gasteiger partial charge < -0.3 is 9.40 Å². The number of furan rings is 1. The fourth-order valence-corrected chi connectivity index (χ4v) is 7.37. The summed E-state index contributed by atoms with van der Waals surface area (Å²) >= 11 is 0. The highest BCUT2D eigenvalue weighted by atomic mass is 16.3. The molecule has 0 saturated carbocycles. The third-order valence-electron chi connectivity index (χ3n) is 9.38. The molecule has 8 aromatic carbocycles. The van der Waals surface area contributed by atoms with Crippen LogP contribution in [0.3, 0.4) is 0 Å². The third-order valence-corrected chi connectivity index (χ3v) is 9.38. The highest BCUT2D eigenvalue weighted by molar-refractivity contribution is 6.27. The van der Waals surface area contributed by atoms with E-state index in [4.69, 9.17) is 4.42 Å². The first-order valence-corrected chi connectivity index (χ1v) is 15.1. The number of nitrogens with one attached hydrogen (secondary N) is 1. The molecule has 10 aromatic rings. The van der Waals surface area contributed by atoms with Crippen molar-refractivity contribution in [3.63, 3.8) is 0 Å². The van der Waals surface area contributed by atoms with Gasteiger partial charge in [-0.3, -0.25) is 0 Å². The minimum Gasteiger partial charge on any atom is -0.455 e. The van der Waals surface area contributed by atoms with Crippen LogP contribution >= 0.6 is 0 Å². The van der Waals surface area contributed by atoms with Crippen LogP contribution in [0.25, 0.3) is 98.3 Å². The number of rotatable bonds is 2. The third kappa shape index (κ3) is 3.25. The van der Waals surface area contributed by atoms with Crippen molar-refractivity contribution in [2.75, 3.05) is 0 Å². The van der Waals surface area contributed by atoms with Crippen LogP contribution in [0.2, 0.25) is 0 Å². The maximum atomic E-state index is 6.50. The molecule has 2 heterocycles.